The Bertz CT molecular complexity index is 826. The highest BCUT2D eigenvalue weighted by Gasteiger charge is 2.32. The first-order valence-corrected chi connectivity index (χ1v) is 7.86. The second-order valence-corrected chi connectivity index (χ2v) is 5.27. The minimum Gasteiger partial charge on any atom is -0.508 e. The fraction of sp³-hybridized carbons (Fsp3) is 0.211. The van der Waals surface area contributed by atoms with Crippen molar-refractivity contribution in [1.29, 1.82) is 0 Å². The van der Waals surface area contributed by atoms with Crippen LogP contribution in [0.5, 0.6) is 11.5 Å². The quantitative estimate of drug-likeness (QED) is 0.610. The Morgan fingerprint density at radius 2 is 1.89 bits per heavy atom. The second-order valence-electron chi connectivity index (χ2n) is 5.27. The van der Waals surface area contributed by atoms with Gasteiger partial charge in [0.2, 0.25) is 0 Å². The van der Waals surface area contributed by atoms with Crippen LogP contribution in [-0.2, 0) is 11.3 Å². The lowest BCUT2D eigenvalue weighted by Crippen LogP contribution is -2.24. The normalized spacial score (nSPS) is 10.5. The van der Waals surface area contributed by atoms with Crippen LogP contribution in [0.4, 0.5) is 18.0 Å². The van der Waals surface area contributed by atoms with Gasteiger partial charge in [0.25, 0.3) is 0 Å². The van der Waals surface area contributed by atoms with Gasteiger partial charge >= 0.3 is 12.5 Å². The lowest BCUT2D eigenvalue weighted by atomic mass is 10.2. The zero-order valence-corrected chi connectivity index (χ0v) is 14.0. The molecule has 0 unspecified atom stereocenters. The first-order valence-electron chi connectivity index (χ1n) is 7.86. The molecule has 142 valence electrons. The summed E-state index contributed by atoms with van der Waals surface area (Å²) in [5, 5.41) is 11.9. The van der Waals surface area contributed by atoms with E-state index in [9.17, 15) is 23.1 Å². The number of halogens is 3. The average Bonchev–Trinajstić information content (AvgIpc) is 2.61. The van der Waals surface area contributed by atoms with E-state index in [1.807, 2.05) is 30.3 Å². The van der Waals surface area contributed by atoms with Crippen LogP contribution in [0, 0.1) is 11.8 Å². The molecule has 0 aliphatic heterocycles. The molecule has 0 saturated heterocycles. The minimum atomic E-state index is -4.86. The lowest BCUT2D eigenvalue weighted by Gasteiger charge is -2.10. The molecule has 0 heterocycles. The number of alkyl carbamates (subject to hydrolysis) is 1. The van der Waals surface area contributed by atoms with Crippen molar-refractivity contribution < 1.29 is 32.5 Å². The van der Waals surface area contributed by atoms with Crippen molar-refractivity contribution in [2.24, 2.45) is 0 Å². The maximum atomic E-state index is 12.4. The summed E-state index contributed by atoms with van der Waals surface area (Å²) in [6.07, 6.45) is -5.32. The molecule has 0 aromatic heterocycles. The number of carbonyl (C=O) groups is 1. The van der Waals surface area contributed by atoms with Crippen molar-refractivity contribution in [1.82, 2.24) is 5.32 Å². The molecule has 2 rings (SSSR count). The van der Waals surface area contributed by atoms with Crippen LogP contribution in [0.3, 0.4) is 0 Å². The molecule has 2 aromatic rings. The Balaban J connectivity index is 1.81. The molecule has 0 spiro atoms. The highest BCUT2D eigenvalue weighted by molar-refractivity contribution is 5.67. The first kappa shape index (κ1) is 20.0. The summed E-state index contributed by atoms with van der Waals surface area (Å²) in [5.74, 6) is 4.34. The highest BCUT2D eigenvalue weighted by atomic mass is 19.4. The zero-order chi connectivity index (χ0) is 19.7. The van der Waals surface area contributed by atoms with Gasteiger partial charge in [0, 0.05) is 13.0 Å². The lowest BCUT2D eigenvalue weighted by molar-refractivity contribution is -0.274. The molecule has 0 fully saturated rings. The maximum Gasteiger partial charge on any atom is 0.573 e. The third-order valence-corrected chi connectivity index (χ3v) is 3.14. The molecule has 0 saturated carbocycles. The molecule has 2 N–H and O–H groups in total. The molecular weight excluding hydrogens is 363 g/mol. The van der Waals surface area contributed by atoms with Crippen molar-refractivity contribution in [2.45, 2.75) is 19.4 Å². The topological polar surface area (TPSA) is 67.8 Å². The van der Waals surface area contributed by atoms with Crippen LogP contribution in [0.25, 0.3) is 0 Å². The van der Waals surface area contributed by atoms with E-state index in [0.717, 1.165) is 23.8 Å². The monoisotopic (exact) mass is 379 g/mol. The minimum absolute atomic E-state index is 0.112. The number of ether oxygens (including phenoxy) is 2. The predicted molar refractivity (Wildman–Crippen MR) is 90.9 cm³/mol. The van der Waals surface area contributed by atoms with Crippen LogP contribution in [0.1, 0.15) is 17.5 Å². The maximum absolute atomic E-state index is 12.4. The van der Waals surface area contributed by atoms with Crippen molar-refractivity contribution >= 4 is 6.09 Å². The molecule has 0 aliphatic rings. The van der Waals surface area contributed by atoms with Crippen LogP contribution in [0.2, 0.25) is 0 Å². The second kappa shape index (κ2) is 9.38. The highest BCUT2D eigenvalue weighted by Crippen LogP contribution is 2.28. The van der Waals surface area contributed by atoms with Gasteiger partial charge in [-0.15, -0.1) is 13.2 Å². The molecule has 5 nitrogen and oxygen atoms in total. The molecular formula is C19H16F3NO4. The number of phenolic OH excluding ortho intramolecular Hbond substituents is 1. The molecule has 2 aromatic carbocycles. The molecule has 1 amide bonds. The third-order valence-electron chi connectivity index (χ3n) is 3.14. The van der Waals surface area contributed by atoms with Gasteiger partial charge in [0.05, 0.1) is 5.56 Å². The number of hydrogen-bond donors (Lipinski definition) is 2. The molecule has 0 radical (unpaired) electrons. The molecule has 27 heavy (non-hydrogen) atoms. The predicted octanol–water partition coefficient (Wildman–Crippen LogP) is 3.96. The number of benzene rings is 2. The van der Waals surface area contributed by atoms with E-state index in [4.69, 9.17) is 4.74 Å². The summed E-state index contributed by atoms with van der Waals surface area (Å²) in [7, 11) is 0. The standard InChI is InChI=1S/C19H16F3NO4/c20-19(21,22)27-17-10-9-16(24)12-15(17)8-4-5-11-23-18(25)26-13-14-6-2-1-3-7-14/h1-3,6-7,9-10,12,24H,5,11,13H2,(H,23,25). The van der Waals surface area contributed by atoms with Gasteiger partial charge in [-0.05, 0) is 23.8 Å². The number of hydrogen-bond acceptors (Lipinski definition) is 4. The number of amides is 1. The van der Waals surface area contributed by atoms with Crippen molar-refractivity contribution in [3.8, 4) is 23.3 Å². The Labute approximate surface area is 153 Å². The van der Waals surface area contributed by atoms with E-state index in [-0.39, 0.29) is 30.9 Å². The van der Waals surface area contributed by atoms with E-state index in [1.54, 1.807) is 0 Å². The fourth-order valence-corrected chi connectivity index (χ4v) is 1.99. The van der Waals surface area contributed by atoms with E-state index in [0.29, 0.717) is 0 Å². The van der Waals surface area contributed by atoms with Gasteiger partial charge in [-0.2, -0.15) is 0 Å². The van der Waals surface area contributed by atoms with Crippen molar-refractivity contribution in [3.05, 3.63) is 59.7 Å². The molecule has 0 atom stereocenters. The van der Waals surface area contributed by atoms with Gasteiger partial charge in [0.15, 0.2) is 0 Å². The number of alkyl halides is 3. The fourth-order valence-electron chi connectivity index (χ4n) is 1.99. The van der Waals surface area contributed by atoms with Gasteiger partial charge in [0.1, 0.15) is 18.1 Å². The van der Waals surface area contributed by atoms with Gasteiger partial charge in [-0.25, -0.2) is 4.79 Å². The summed E-state index contributed by atoms with van der Waals surface area (Å²) in [5.41, 5.74) is 0.729. The van der Waals surface area contributed by atoms with E-state index in [1.165, 1.54) is 0 Å². The summed E-state index contributed by atoms with van der Waals surface area (Å²) >= 11 is 0. The smallest absolute Gasteiger partial charge is 0.508 e. The van der Waals surface area contributed by atoms with E-state index in [2.05, 4.69) is 21.9 Å². The molecule has 0 bridgehead atoms. The summed E-state index contributed by atoms with van der Waals surface area (Å²) in [6, 6.07) is 12.2. The van der Waals surface area contributed by atoms with Crippen LogP contribution < -0.4 is 10.1 Å². The van der Waals surface area contributed by atoms with Gasteiger partial charge < -0.3 is 19.9 Å². The zero-order valence-electron chi connectivity index (χ0n) is 14.0. The summed E-state index contributed by atoms with van der Waals surface area (Å²) in [4.78, 5) is 11.5. The third kappa shape index (κ3) is 7.61. The van der Waals surface area contributed by atoms with E-state index >= 15 is 0 Å². The van der Waals surface area contributed by atoms with Crippen molar-refractivity contribution in [3.63, 3.8) is 0 Å². The molecule has 8 heteroatoms. The summed E-state index contributed by atoms with van der Waals surface area (Å²) in [6.45, 7) is 0.273. The largest absolute Gasteiger partial charge is 0.573 e. The van der Waals surface area contributed by atoms with Crippen LogP contribution in [0.15, 0.2) is 48.5 Å². The SMILES string of the molecule is O=C(NCCC#Cc1cc(O)ccc1OC(F)(F)F)OCc1ccccc1. The number of nitrogens with one attached hydrogen (secondary N) is 1. The Kier molecular flexibility index (Phi) is 6.94. The van der Waals surface area contributed by atoms with Crippen molar-refractivity contribution in [2.75, 3.05) is 6.54 Å². The number of aromatic hydroxyl groups is 1. The number of carbonyl (C=O) groups excluding carboxylic acids is 1. The Morgan fingerprint density at radius 3 is 2.59 bits per heavy atom. The van der Waals surface area contributed by atoms with Crippen LogP contribution >= 0.6 is 0 Å². The number of rotatable bonds is 5. The molecule has 0 aliphatic carbocycles. The summed E-state index contributed by atoms with van der Waals surface area (Å²) < 4.78 is 45.9. The van der Waals surface area contributed by atoms with Crippen LogP contribution in [-0.4, -0.2) is 24.1 Å². The Morgan fingerprint density at radius 1 is 1.15 bits per heavy atom. The van der Waals surface area contributed by atoms with E-state index < -0.39 is 18.2 Å². The average molecular weight is 379 g/mol. The van der Waals surface area contributed by atoms with Gasteiger partial charge in [-0.1, -0.05) is 42.2 Å². The first-order chi connectivity index (χ1) is 12.8. The number of phenols is 1. The van der Waals surface area contributed by atoms with Gasteiger partial charge in [-0.3, -0.25) is 0 Å². The Hall–Kier alpha value is -3.34.